The summed E-state index contributed by atoms with van der Waals surface area (Å²) in [4.78, 5) is 11.8. The van der Waals surface area contributed by atoms with Crippen LogP contribution < -0.4 is 9.98 Å². The highest BCUT2D eigenvalue weighted by atomic mass is 33.1. The summed E-state index contributed by atoms with van der Waals surface area (Å²) in [6.45, 7) is 0. The smallest absolute Gasteiger partial charge is 0.625 e. The fourth-order valence-corrected chi connectivity index (χ4v) is 6.39. The summed E-state index contributed by atoms with van der Waals surface area (Å²) in [5, 5.41) is 0. The molecular weight excluding hydrogens is 546 g/mol. The lowest BCUT2D eigenvalue weighted by atomic mass is 10.1. The van der Waals surface area contributed by atoms with E-state index in [1.165, 1.54) is 0 Å². The predicted octanol–water partition coefficient (Wildman–Crippen LogP) is 2.47. The maximum atomic E-state index is 14.6. The van der Waals surface area contributed by atoms with Crippen LogP contribution in [0.5, 0.6) is 0 Å². The monoisotopic (exact) mass is 562 g/mol. The quantitative estimate of drug-likeness (QED) is 0.254. The average Bonchev–Trinajstić information content (AvgIpc) is 3.71. The summed E-state index contributed by atoms with van der Waals surface area (Å²) in [5.41, 5.74) is 1.11. The molecule has 0 saturated carbocycles. The lowest BCUT2D eigenvalue weighted by molar-refractivity contribution is -0.384. The normalized spacial score (nSPS) is 25.1. The van der Waals surface area contributed by atoms with E-state index in [1.807, 2.05) is 0 Å². The van der Waals surface area contributed by atoms with Gasteiger partial charge in [-0.2, -0.15) is 0 Å². The molecular formula is C22H16B2F4N4O4S2. The minimum atomic E-state index is -4.70. The average molecular weight is 562 g/mol. The van der Waals surface area contributed by atoms with Crippen LogP contribution in [0.2, 0.25) is 0 Å². The van der Waals surface area contributed by atoms with E-state index < -0.39 is 14.2 Å². The molecule has 0 atom stereocenters. The third-order valence-electron chi connectivity index (χ3n) is 5.42. The van der Waals surface area contributed by atoms with Crippen molar-refractivity contribution < 1.29 is 45.9 Å². The molecule has 8 nitrogen and oxygen atoms in total. The molecule has 38 heavy (non-hydrogen) atoms. The van der Waals surface area contributed by atoms with Crippen LogP contribution in [0.1, 0.15) is 11.4 Å². The molecule has 0 aliphatic carbocycles. The van der Waals surface area contributed by atoms with Gasteiger partial charge in [-0.15, -0.1) is 0 Å². The first kappa shape index (κ1) is 24.4. The molecule has 6 heterocycles. The predicted molar refractivity (Wildman–Crippen MR) is 137 cm³/mol. The van der Waals surface area contributed by atoms with Crippen molar-refractivity contribution in [1.82, 2.24) is 9.97 Å². The number of allylic oxidation sites excluding steroid dienone is 4. The van der Waals surface area contributed by atoms with Crippen LogP contribution in [0.15, 0.2) is 93.7 Å². The second kappa shape index (κ2) is 9.44. The Labute approximate surface area is 220 Å². The summed E-state index contributed by atoms with van der Waals surface area (Å²) in [5.74, 6) is -0.652. The molecule has 4 aliphatic rings. The van der Waals surface area contributed by atoms with E-state index in [0.29, 0.717) is 0 Å². The maximum absolute atomic E-state index is 14.6. The summed E-state index contributed by atoms with van der Waals surface area (Å²) in [6.07, 6.45) is 12.6. The van der Waals surface area contributed by atoms with Gasteiger partial charge in [0.05, 0.1) is 11.4 Å². The standard InChI is InChI=1S/C22H14B2F4N4O4S2/c25-23(26)33-17(13-5-1-9-29-13)21(18(34-23)14-6-2-10-30-14)37-38-22-19(15-7-3-11-31-15)35-24(27,28)36-20(22)16-8-4-12-32-16/h1-12,29,31H/q-2/p+2/b18-14-,20-16-. The first-order chi connectivity index (χ1) is 18.3. The number of aromatic nitrogens is 2. The molecule has 0 fully saturated rings. The Morgan fingerprint density at radius 3 is 1.39 bits per heavy atom. The molecule has 0 unspecified atom stereocenters. The third-order valence-corrected chi connectivity index (χ3v) is 7.83. The van der Waals surface area contributed by atoms with E-state index in [2.05, 4.69) is 20.0 Å². The molecule has 4 aliphatic heterocycles. The highest BCUT2D eigenvalue weighted by Crippen LogP contribution is 2.53. The summed E-state index contributed by atoms with van der Waals surface area (Å²) < 4.78 is 78.5. The first-order valence-electron chi connectivity index (χ1n) is 11.2. The van der Waals surface area contributed by atoms with E-state index >= 15 is 0 Å². The van der Waals surface area contributed by atoms with E-state index in [-0.39, 0.29) is 55.6 Å². The van der Waals surface area contributed by atoms with Gasteiger partial charge in [0.2, 0.25) is 11.4 Å². The largest absolute Gasteiger partial charge is 0.726 e. The fourth-order valence-electron chi connectivity index (χ4n) is 3.88. The molecule has 0 amide bonds. The van der Waals surface area contributed by atoms with Crippen molar-refractivity contribution in [3.05, 3.63) is 105 Å². The zero-order valence-corrected chi connectivity index (χ0v) is 20.7. The van der Waals surface area contributed by atoms with Crippen molar-refractivity contribution in [3.63, 3.8) is 0 Å². The summed E-state index contributed by atoms with van der Waals surface area (Å²) in [6, 6.07) is 6.40. The van der Waals surface area contributed by atoms with E-state index in [4.69, 9.17) is 18.6 Å². The van der Waals surface area contributed by atoms with Crippen LogP contribution in [-0.4, -0.2) is 36.6 Å². The van der Waals surface area contributed by atoms with Crippen molar-refractivity contribution in [2.45, 2.75) is 0 Å². The van der Waals surface area contributed by atoms with Gasteiger partial charge in [-0.3, -0.25) is 0 Å². The fraction of sp³-hybridized carbons (Fsp3) is 0. The molecule has 6 rings (SSSR count). The van der Waals surface area contributed by atoms with Gasteiger partial charge in [0.25, 0.3) is 0 Å². The molecule has 0 aromatic carbocycles. The van der Waals surface area contributed by atoms with Crippen LogP contribution in [0, 0.1) is 0 Å². The Morgan fingerprint density at radius 1 is 0.632 bits per heavy atom. The molecule has 0 spiro atoms. The zero-order valence-electron chi connectivity index (χ0n) is 19.0. The van der Waals surface area contributed by atoms with Crippen LogP contribution >= 0.6 is 21.6 Å². The summed E-state index contributed by atoms with van der Waals surface area (Å²) >= 11 is 0. The van der Waals surface area contributed by atoms with Gasteiger partial charge >= 0.3 is 14.2 Å². The minimum Gasteiger partial charge on any atom is -0.625 e. The van der Waals surface area contributed by atoms with Gasteiger partial charge in [-0.25, -0.2) is 9.98 Å². The van der Waals surface area contributed by atoms with Crippen molar-refractivity contribution in [2.24, 2.45) is 0 Å². The second-order valence-electron chi connectivity index (χ2n) is 8.02. The molecule has 0 saturated heterocycles. The topological polar surface area (TPSA) is 96.4 Å². The Balaban J connectivity index is 1.49. The van der Waals surface area contributed by atoms with E-state index in [0.717, 1.165) is 21.6 Å². The highest BCUT2D eigenvalue weighted by Gasteiger charge is 2.46. The second-order valence-corrected chi connectivity index (χ2v) is 10.2. The first-order valence-corrected chi connectivity index (χ1v) is 13.3. The molecule has 0 bridgehead atoms. The van der Waals surface area contributed by atoms with Crippen LogP contribution in [0.3, 0.4) is 0 Å². The molecule has 2 aromatic rings. The minimum absolute atomic E-state index is 0.163. The Bertz CT molecular complexity index is 1390. The van der Waals surface area contributed by atoms with Crippen molar-refractivity contribution >= 4 is 59.7 Å². The van der Waals surface area contributed by atoms with Gasteiger partial charge in [0.1, 0.15) is 21.3 Å². The Kier molecular flexibility index (Phi) is 6.07. The molecule has 16 heteroatoms. The Hall–Kier alpha value is -3.91. The lowest BCUT2D eigenvalue weighted by Gasteiger charge is -2.38. The van der Waals surface area contributed by atoms with Crippen LogP contribution in [0.4, 0.5) is 17.3 Å². The lowest BCUT2D eigenvalue weighted by Crippen LogP contribution is -2.64. The SMILES string of the molecule is F[B-]1(F)OC(c2ccc[nH]2)=C(SSC2=C(c3ccc[nH]3)O[B-](F)(F)O/C2=C2/C=CC=[NH+]2)/C(=C2\C=CC=[NH+]2)O1. The van der Waals surface area contributed by atoms with Crippen molar-refractivity contribution in [3.8, 4) is 0 Å². The highest BCUT2D eigenvalue weighted by molar-refractivity contribution is 8.79. The molecule has 194 valence electrons. The van der Waals surface area contributed by atoms with Gasteiger partial charge in [0, 0.05) is 36.7 Å². The van der Waals surface area contributed by atoms with Gasteiger partial charge in [-0.1, -0.05) is 0 Å². The van der Waals surface area contributed by atoms with Gasteiger partial charge in [-0.05, 0) is 45.9 Å². The van der Waals surface area contributed by atoms with Gasteiger partial charge in [0.15, 0.2) is 23.9 Å². The van der Waals surface area contributed by atoms with Gasteiger partial charge < -0.3 is 45.8 Å². The molecule has 0 radical (unpaired) electrons. The Morgan fingerprint density at radius 2 is 1.05 bits per heavy atom. The van der Waals surface area contributed by atoms with Crippen LogP contribution in [-0.2, 0) is 18.6 Å². The number of aromatic amines is 2. The van der Waals surface area contributed by atoms with Crippen molar-refractivity contribution in [1.29, 1.82) is 0 Å². The third kappa shape index (κ3) is 4.72. The molecule has 4 N–H and O–H groups in total. The summed E-state index contributed by atoms with van der Waals surface area (Å²) in [7, 11) is -7.48. The number of nitrogens with one attached hydrogen (secondary N) is 4. The number of hydrogen-bond donors (Lipinski definition) is 4. The number of rotatable bonds is 5. The zero-order chi connectivity index (χ0) is 26.3. The maximum Gasteiger partial charge on any atom is 0.726 e. The van der Waals surface area contributed by atoms with E-state index in [1.54, 1.807) is 73.4 Å². The van der Waals surface area contributed by atoms with Crippen LogP contribution in [0.25, 0.3) is 11.5 Å². The van der Waals surface area contributed by atoms with Crippen molar-refractivity contribution in [2.75, 3.05) is 0 Å². The van der Waals surface area contributed by atoms with E-state index in [9.17, 15) is 17.3 Å². The number of H-pyrrole nitrogens is 2. The number of hydrogen-bond acceptors (Lipinski definition) is 6. The molecule has 2 aromatic heterocycles. The number of halogens is 4.